The predicted octanol–water partition coefficient (Wildman–Crippen LogP) is -2.83. The van der Waals surface area contributed by atoms with Gasteiger partial charge in [-0.15, -0.1) is 4.73 Å². The van der Waals surface area contributed by atoms with E-state index in [2.05, 4.69) is 4.84 Å². The average molecular weight is 302 g/mol. The van der Waals surface area contributed by atoms with Gasteiger partial charge in [-0.2, -0.15) is 0 Å². The van der Waals surface area contributed by atoms with Crippen LogP contribution in [0.5, 0.6) is 0 Å². The van der Waals surface area contributed by atoms with E-state index in [4.69, 9.17) is 10.2 Å². The molecule has 0 saturated heterocycles. The lowest BCUT2D eigenvalue weighted by molar-refractivity contribution is -0.172. The zero-order chi connectivity index (χ0) is 16.2. The molecule has 1 aromatic rings. The van der Waals surface area contributed by atoms with Crippen molar-refractivity contribution in [1.29, 1.82) is 0 Å². The van der Waals surface area contributed by atoms with Gasteiger partial charge in [0.1, 0.15) is 0 Å². The van der Waals surface area contributed by atoms with Gasteiger partial charge in [0.2, 0.25) is 0 Å². The second kappa shape index (κ2) is 6.00. The van der Waals surface area contributed by atoms with Gasteiger partial charge in [0.25, 0.3) is 5.56 Å². The number of aromatic amines is 1. The van der Waals surface area contributed by atoms with E-state index in [0.717, 1.165) is 12.3 Å². The number of aliphatic hydroxyl groups is 1. The van der Waals surface area contributed by atoms with Crippen molar-refractivity contribution in [2.75, 3.05) is 0 Å². The fourth-order valence-electron chi connectivity index (χ4n) is 1.32. The van der Waals surface area contributed by atoms with E-state index in [0.29, 0.717) is 4.73 Å². The first-order valence-electron chi connectivity index (χ1n) is 5.35. The van der Waals surface area contributed by atoms with Gasteiger partial charge in [-0.3, -0.25) is 14.6 Å². The van der Waals surface area contributed by atoms with Crippen molar-refractivity contribution in [2.24, 2.45) is 0 Å². The largest absolute Gasteiger partial charge is 0.481 e. The van der Waals surface area contributed by atoms with Crippen LogP contribution < -0.4 is 16.1 Å². The van der Waals surface area contributed by atoms with Crippen LogP contribution >= 0.6 is 0 Å². The molecule has 11 nitrogen and oxygen atoms in total. The van der Waals surface area contributed by atoms with Crippen molar-refractivity contribution < 1.29 is 34.5 Å². The Labute approximate surface area is 115 Å². The minimum Gasteiger partial charge on any atom is -0.481 e. The molecular formula is C10H10N2O9. The molecule has 0 aliphatic carbocycles. The number of carboxylic acid groups (broad SMARTS) is 2. The van der Waals surface area contributed by atoms with Crippen molar-refractivity contribution in [3.63, 3.8) is 0 Å². The first kappa shape index (κ1) is 16.1. The fourth-order valence-corrected chi connectivity index (χ4v) is 1.32. The van der Waals surface area contributed by atoms with Crippen LogP contribution in [0, 0.1) is 0 Å². The summed E-state index contributed by atoms with van der Waals surface area (Å²) in [6.07, 6.45) is -1.64. The average Bonchev–Trinajstić information content (AvgIpc) is 2.31. The van der Waals surface area contributed by atoms with Gasteiger partial charge in [-0.1, -0.05) is 0 Å². The summed E-state index contributed by atoms with van der Waals surface area (Å²) >= 11 is 0. The zero-order valence-electron chi connectivity index (χ0n) is 10.3. The molecule has 0 aliphatic heterocycles. The smallest absolute Gasteiger partial charge is 0.361 e. The van der Waals surface area contributed by atoms with Gasteiger partial charge in [0.15, 0.2) is 5.60 Å². The molecule has 0 saturated carbocycles. The van der Waals surface area contributed by atoms with Gasteiger partial charge in [0, 0.05) is 6.07 Å². The second-order valence-corrected chi connectivity index (χ2v) is 3.98. The minimum atomic E-state index is -2.88. The highest BCUT2D eigenvalue weighted by Crippen LogP contribution is 2.16. The van der Waals surface area contributed by atoms with Crippen LogP contribution in [0.3, 0.4) is 0 Å². The van der Waals surface area contributed by atoms with Gasteiger partial charge in [-0.05, 0) is 0 Å². The standard InChI is InChI=1S/C10H10N2O9/c13-5-1-2-12(9(19)11-5)21-7(16)4-10(20,8(17)18)3-6(14)15/h1-2,20H,3-4H2,(H,14,15)(H,17,18)(H,11,13,19). The van der Waals surface area contributed by atoms with Gasteiger partial charge < -0.3 is 20.2 Å². The Hall–Kier alpha value is -2.95. The third-order valence-corrected chi connectivity index (χ3v) is 2.27. The number of aliphatic carboxylic acids is 2. The van der Waals surface area contributed by atoms with Gasteiger partial charge in [-0.25, -0.2) is 14.4 Å². The number of hydrogen-bond acceptors (Lipinski definition) is 7. The molecule has 0 aromatic carbocycles. The molecule has 4 N–H and O–H groups in total. The quantitative estimate of drug-likeness (QED) is 0.431. The molecular weight excluding hydrogens is 292 g/mol. The number of nitrogens with one attached hydrogen (secondary N) is 1. The number of rotatable bonds is 6. The van der Waals surface area contributed by atoms with Crippen LogP contribution in [0.2, 0.25) is 0 Å². The van der Waals surface area contributed by atoms with Crippen molar-refractivity contribution in [1.82, 2.24) is 9.71 Å². The maximum atomic E-state index is 11.5. The molecule has 0 bridgehead atoms. The molecule has 1 unspecified atom stereocenters. The Morgan fingerprint density at radius 2 is 1.86 bits per heavy atom. The molecule has 1 heterocycles. The Bertz CT molecular complexity index is 688. The molecule has 1 aromatic heterocycles. The van der Waals surface area contributed by atoms with E-state index in [-0.39, 0.29) is 0 Å². The summed E-state index contributed by atoms with van der Waals surface area (Å²) < 4.78 is 0.298. The van der Waals surface area contributed by atoms with Crippen LogP contribution in [0.15, 0.2) is 21.9 Å². The lowest BCUT2D eigenvalue weighted by atomic mass is 9.96. The number of aromatic nitrogens is 2. The topological polar surface area (TPSA) is 176 Å². The summed E-state index contributed by atoms with van der Waals surface area (Å²) in [5.41, 5.74) is -4.73. The summed E-state index contributed by atoms with van der Waals surface area (Å²) in [7, 11) is 0. The first-order valence-corrected chi connectivity index (χ1v) is 5.35. The van der Waals surface area contributed by atoms with E-state index in [1.165, 1.54) is 0 Å². The molecule has 1 rings (SSSR count). The molecule has 0 amide bonds. The number of carbonyl (C=O) groups is 3. The lowest BCUT2D eigenvalue weighted by Crippen LogP contribution is -2.45. The summed E-state index contributed by atoms with van der Waals surface area (Å²) in [5, 5.41) is 26.8. The van der Waals surface area contributed by atoms with E-state index < -0.39 is 47.6 Å². The second-order valence-electron chi connectivity index (χ2n) is 3.98. The number of H-pyrrole nitrogens is 1. The number of nitrogens with zero attached hydrogens (tertiary/aromatic N) is 1. The van der Waals surface area contributed by atoms with E-state index in [1.807, 2.05) is 0 Å². The number of carboxylic acids is 2. The van der Waals surface area contributed by atoms with Crippen LogP contribution in [-0.2, 0) is 14.4 Å². The highest BCUT2D eigenvalue weighted by molar-refractivity contribution is 5.88. The third kappa shape index (κ3) is 4.28. The molecule has 11 heteroatoms. The van der Waals surface area contributed by atoms with E-state index >= 15 is 0 Å². The third-order valence-electron chi connectivity index (χ3n) is 2.27. The maximum Gasteiger partial charge on any atom is 0.361 e. The monoisotopic (exact) mass is 302 g/mol. The molecule has 114 valence electrons. The van der Waals surface area contributed by atoms with Gasteiger partial charge >= 0.3 is 23.6 Å². The lowest BCUT2D eigenvalue weighted by Gasteiger charge is -2.19. The van der Waals surface area contributed by atoms with Gasteiger partial charge in [0.05, 0.1) is 19.0 Å². The number of hydrogen-bond donors (Lipinski definition) is 4. The fraction of sp³-hybridized carbons (Fsp3) is 0.300. The summed E-state index contributed by atoms with van der Waals surface area (Å²) in [6.45, 7) is 0. The Kier molecular flexibility index (Phi) is 4.60. The van der Waals surface area contributed by atoms with Crippen LogP contribution in [0.4, 0.5) is 0 Å². The normalized spacial score (nSPS) is 13.2. The van der Waals surface area contributed by atoms with E-state index in [1.54, 1.807) is 4.98 Å². The molecule has 0 spiro atoms. The SMILES string of the molecule is O=C(O)CC(O)(CC(=O)On1ccc(=O)[nH]c1=O)C(=O)O. The molecule has 21 heavy (non-hydrogen) atoms. The van der Waals surface area contributed by atoms with Crippen LogP contribution in [0.25, 0.3) is 0 Å². The van der Waals surface area contributed by atoms with Crippen molar-refractivity contribution in [3.8, 4) is 0 Å². The Balaban J connectivity index is 2.88. The number of carbonyl (C=O) groups excluding carboxylic acids is 1. The van der Waals surface area contributed by atoms with E-state index in [9.17, 15) is 29.1 Å². The predicted molar refractivity (Wildman–Crippen MR) is 62.4 cm³/mol. The molecule has 0 fully saturated rings. The molecule has 0 aliphatic rings. The highest BCUT2D eigenvalue weighted by atomic mass is 16.7. The van der Waals surface area contributed by atoms with Crippen LogP contribution in [-0.4, -0.2) is 48.5 Å². The maximum absolute atomic E-state index is 11.5. The Morgan fingerprint density at radius 3 is 2.33 bits per heavy atom. The highest BCUT2D eigenvalue weighted by Gasteiger charge is 2.41. The van der Waals surface area contributed by atoms with Crippen molar-refractivity contribution in [2.45, 2.75) is 18.4 Å². The minimum absolute atomic E-state index is 0.298. The van der Waals surface area contributed by atoms with Crippen LogP contribution in [0.1, 0.15) is 12.8 Å². The molecule has 1 atom stereocenters. The first-order chi connectivity index (χ1) is 9.64. The van der Waals surface area contributed by atoms with Crippen molar-refractivity contribution in [3.05, 3.63) is 33.1 Å². The molecule has 0 radical (unpaired) electrons. The Morgan fingerprint density at radius 1 is 1.24 bits per heavy atom. The van der Waals surface area contributed by atoms with Crippen molar-refractivity contribution >= 4 is 17.9 Å². The summed E-state index contributed by atoms with van der Waals surface area (Å²) in [4.78, 5) is 60.9. The summed E-state index contributed by atoms with van der Waals surface area (Å²) in [6, 6.07) is 0.856. The summed E-state index contributed by atoms with van der Waals surface area (Å²) in [5.74, 6) is -4.96. The zero-order valence-corrected chi connectivity index (χ0v) is 10.3.